The fraction of sp³-hybridized carbons (Fsp3) is 0.368. The van der Waals surface area contributed by atoms with Gasteiger partial charge in [0.2, 0.25) is 0 Å². The van der Waals surface area contributed by atoms with Gasteiger partial charge in [0, 0.05) is 5.56 Å². The molecule has 2 aromatic carbocycles. The Morgan fingerprint density at radius 2 is 1.74 bits per heavy atom. The molecule has 2 aromatic rings. The summed E-state index contributed by atoms with van der Waals surface area (Å²) in [6, 6.07) is 10.5. The van der Waals surface area contributed by atoms with E-state index in [4.69, 9.17) is 0 Å². The number of aryl methyl sites for hydroxylation is 1. The maximum absolute atomic E-state index is 10.2. The fourth-order valence-electron chi connectivity index (χ4n) is 2.69. The van der Waals surface area contributed by atoms with Gasteiger partial charge in [0.25, 0.3) is 0 Å². The van der Waals surface area contributed by atoms with Crippen LogP contribution in [0.5, 0.6) is 17.2 Å². The molecule has 0 aliphatic rings. The Balaban J connectivity index is 2.10. The summed E-state index contributed by atoms with van der Waals surface area (Å²) in [6.07, 6.45) is 3.21. The lowest BCUT2D eigenvalue weighted by Gasteiger charge is -2.13. The average molecular weight is 315 g/mol. The molecule has 0 saturated carbocycles. The van der Waals surface area contributed by atoms with Crippen LogP contribution in [0.2, 0.25) is 0 Å². The third kappa shape index (κ3) is 4.89. The van der Waals surface area contributed by atoms with Crippen molar-refractivity contribution in [2.24, 2.45) is 0 Å². The van der Waals surface area contributed by atoms with Crippen LogP contribution in [-0.4, -0.2) is 28.4 Å². The second kappa shape index (κ2) is 8.44. The minimum atomic E-state index is -0.0822. The summed E-state index contributed by atoms with van der Waals surface area (Å²) in [7, 11) is 0. The van der Waals surface area contributed by atoms with Crippen LogP contribution in [0.15, 0.2) is 36.4 Å². The highest BCUT2D eigenvalue weighted by Crippen LogP contribution is 2.32. The largest absolute Gasteiger partial charge is 0.508 e. The van der Waals surface area contributed by atoms with Gasteiger partial charge in [0.05, 0.1) is 0 Å². The Kier molecular flexibility index (Phi) is 6.29. The topological polar surface area (TPSA) is 72.7 Å². The molecule has 4 nitrogen and oxygen atoms in total. The molecule has 0 aliphatic heterocycles. The Labute approximate surface area is 137 Å². The van der Waals surface area contributed by atoms with Crippen molar-refractivity contribution in [3.05, 3.63) is 53.1 Å². The van der Waals surface area contributed by atoms with Gasteiger partial charge < -0.3 is 20.6 Å². The number of phenols is 3. The van der Waals surface area contributed by atoms with E-state index in [-0.39, 0.29) is 17.2 Å². The normalized spacial score (nSPS) is 10.8. The number of phenolic OH excluding ortho intramolecular Hbond substituents is 3. The Bertz CT molecular complexity index is 641. The molecule has 0 aromatic heterocycles. The van der Waals surface area contributed by atoms with Crippen molar-refractivity contribution < 1.29 is 15.3 Å². The Morgan fingerprint density at radius 1 is 0.913 bits per heavy atom. The summed E-state index contributed by atoms with van der Waals surface area (Å²) >= 11 is 0. The Hall–Kier alpha value is -2.20. The van der Waals surface area contributed by atoms with E-state index in [1.54, 1.807) is 18.2 Å². The molecule has 0 amide bonds. The lowest BCUT2D eigenvalue weighted by atomic mass is 9.96. The molecule has 2 rings (SSSR count). The number of nitrogens with one attached hydrogen (secondary N) is 1. The number of hydrogen-bond acceptors (Lipinski definition) is 4. The van der Waals surface area contributed by atoms with E-state index in [0.717, 1.165) is 42.6 Å². The molecular weight excluding hydrogens is 290 g/mol. The summed E-state index contributed by atoms with van der Waals surface area (Å²) < 4.78 is 0. The standard InChI is InChI=1S/C19H25NO3/c1-2-11-20-12-10-15-7-9-18(22)19(23)17(15)8-6-14-4-3-5-16(21)13-14/h3-5,7,9,13,20-23H,2,6,8,10-12H2,1H3. The summed E-state index contributed by atoms with van der Waals surface area (Å²) in [4.78, 5) is 0. The maximum Gasteiger partial charge on any atom is 0.160 e. The van der Waals surface area contributed by atoms with Gasteiger partial charge in [0.1, 0.15) is 5.75 Å². The number of rotatable bonds is 8. The first-order valence-electron chi connectivity index (χ1n) is 8.13. The second-order valence-electron chi connectivity index (χ2n) is 5.74. The van der Waals surface area contributed by atoms with Crippen LogP contribution >= 0.6 is 0 Å². The molecule has 0 spiro atoms. The van der Waals surface area contributed by atoms with E-state index < -0.39 is 0 Å². The third-order valence-corrected chi connectivity index (χ3v) is 3.93. The zero-order chi connectivity index (χ0) is 16.7. The quantitative estimate of drug-likeness (QED) is 0.446. The van der Waals surface area contributed by atoms with Gasteiger partial charge in [-0.15, -0.1) is 0 Å². The van der Waals surface area contributed by atoms with Crippen molar-refractivity contribution in [2.75, 3.05) is 13.1 Å². The van der Waals surface area contributed by atoms with Crippen molar-refractivity contribution in [3.63, 3.8) is 0 Å². The monoisotopic (exact) mass is 315 g/mol. The molecule has 23 heavy (non-hydrogen) atoms. The summed E-state index contributed by atoms with van der Waals surface area (Å²) in [5.41, 5.74) is 2.83. The predicted molar refractivity (Wildman–Crippen MR) is 92.2 cm³/mol. The zero-order valence-corrected chi connectivity index (χ0v) is 13.5. The maximum atomic E-state index is 10.2. The summed E-state index contributed by atoms with van der Waals surface area (Å²) in [6.45, 7) is 3.94. The Morgan fingerprint density at radius 3 is 2.48 bits per heavy atom. The highest BCUT2D eigenvalue weighted by Gasteiger charge is 2.12. The average Bonchev–Trinajstić information content (AvgIpc) is 2.54. The molecule has 4 heteroatoms. The third-order valence-electron chi connectivity index (χ3n) is 3.93. The smallest absolute Gasteiger partial charge is 0.160 e. The van der Waals surface area contributed by atoms with Crippen molar-refractivity contribution in [3.8, 4) is 17.2 Å². The molecule has 0 fully saturated rings. The predicted octanol–water partition coefficient (Wildman–Crippen LogP) is 3.13. The summed E-state index contributed by atoms with van der Waals surface area (Å²) in [5.74, 6) is 0.131. The van der Waals surface area contributed by atoms with Crippen molar-refractivity contribution in [2.45, 2.75) is 32.6 Å². The number of aromatic hydroxyl groups is 3. The van der Waals surface area contributed by atoms with E-state index in [0.29, 0.717) is 12.8 Å². The minimum absolute atomic E-state index is 0.0295. The highest BCUT2D eigenvalue weighted by atomic mass is 16.3. The lowest BCUT2D eigenvalue weighted by molar-refractivity contribution is 0.398. The van der Waals surface area contributed by atoms with Gasteiger partial charge in [-0.1, -0.05) is 25.1 Å². The van der Waals surface area contributed by atoms with Crippen LogP contribution in [0.3, 0.4) is 0 Å². The molecular formula is C19H25NO3. The number of benzene rings is 2. The van der Waals surface area contributed by atoms with Crippen LogP contribution in [0.4, 0.5) is 0 Å². The van der Waals surface area contributed by atoms with E-state index in [2.05, 4.69) is 12.2 Å². The SMILES string of the molecule is CCCNCCc1ccc(O)c(O)c1CCc1cccc(O)c1. The van der Waals surface area contributed by atoms with Gasteiger partial charge in [-0.2, -0.15) is 0 Å². The first-order valence-corrected chi connectivity index (χ1v) is 8.13. The van der Waals surface area contributed by atoms with Gasteiger partial charge in [0.15, 0.2) is 11.5 Å². The first kappa shape index (κ1) is 17.2. The lowest BCUT2D eigenvalue weighted by Crippen LogP contribution is -2.18. The number of hydrogen-bond donors (Lipinski definition) is 4. The highest BCUT2D eigenvalue weighted by molar-refractivity contribution is 5.49. The van der Waals surface area contributed by atoms with Crippen molar-refractivity contribution in [1.29, 1.82) is 0 Å². The first-order chi connectivity index (χ1) is 11.1. The van der Waals surface area contributed by atoms with Gasteiger partial charge in [-0.3, -0.25) is 0 Å². The van der Waals surface area contributed by atoms with E-state index in [1.165, 1.54) is 0 Å². The van der Waals surface area contributed by atoms with Gasteiger partial charge >= 0.3 is 0 Å². The summed E-state index contributed by atoms with van der Waals surface area (Å²) in [5, 5.41) is 32.8. The van der Waals surface area contributed by atoms with Crippen LogP contribution < -0.4 is 5.32 Å². The molecule has 0 heterocycles. The molecule has 124 valence electrons. The van der Waals surface area contributed by atoms with Crippen LogP contribution in [0.1, 0.15) is 30.0 Å². The van der Waals surface area contributed by atoms with Crippen LogP contribution in [-0.2, 0) is 19.3 Å². The van der Waals surface area contributed by atoms with Crippen LogP contribution in [0.25, 0.3) is 0 Å². The minimum Gasteiger partial charge on any atom is -0.508 e. The molecule has 0 saturated heterocycles. The molecule has 0 aliphatic carbocycles. The molecule has 0 unspecified atom stereocenters. The van der Waals surface area contributed by atoms with Gasteiger partial charge in [-0.05, 0) is 68.1 Å². The van der Waals surface area contributed by atoms with Gasteiger partial charge in [-0.25, -0.2) is 0 Å². The van der Waals surface area contributed by atoms with Crippen LogP contribution in [0, 0.1) is 0 Å². The van der Waals surface area contributed by atoms with Crippen molar-refractivity contribution >= 4 is 0 Å². The van der Waals surface area contributed by atoms with E-state index in [1.807, 2.05) is 18.2 Å². The molecule has 0 radical (unpaired) electrons. The molecule has 4 N–H and O–H groups in total. The van der Waals surface area contributed by atoms with E-state index in [9.17, 15) is 15.3 Å². The fourth-order valence-corrected chi connectivity index (χ4v) is 2.69. The van der Waals surface area contributed by atoms with Crippen molar-refractivity contribution in [1.82, 2.24) is 5.32 Å². The van der Waals surface area contributed by atoms with E-state index >= 15 is 0 Å². The second-order valence-corrected chi connectivity index (χ2v) is 5.74. The molecule has 0 atom stereocenters. The molecule has 0 bridgehead atoms. The zero-order valence-electron chi connectivity index (χ0n) is 13.5.